The first-order chi connectivity index (χ1) is 20.9. The number of para-hydroxylation sites is 1. The number of nitrogens with one attached hydrogen (secondary N) is 3. The van der Waals surface area contributed by atoms with Crippen molar-refractivity contribution < 1.29 is 23.9 Å². The molecule has 0 saturated heterocycles. The molecule has 0 bridgehead atoms. The van der Waals surface area contributed by atoms with Crippen LogP contribution >= 0.6 is 11.8 Å². The Morgan fingerprint density at radius 3 is 2.12 bits per heavy atom. The second-order valence-corrected chi connectivity index (χ2v) is 10.6. The van der Waals surface area contributed by atoms with Crippen molar-refractivity contribution in [1.29, 1.82) is 0 Å². The van der Waals surface area contributed by atoms with Crippen LogP contribution in [0.15, 0.2) is 114 Å². The Kier molecular flexibility index (Phi) is 11.0. The van der Waals surface area contributed by atoms with Crippen LogP contribution in [0.1, 0.15) is 29.3 Å². The van der Waals surface area contributed by atoms with Crippen molar-refractivity contribution in [2.75, 3.05) is 24.9 Å². The molecule has 4 aromatic rings. The normalized spacial score (nSPS) is 11.7. The highest BCUT2D eigenvalue weighted by molar-refractivity contribution is 8.00. The maximum atomic E-state index is 13.5. The van der Waals surface area contributed by atoms with Gasteiger partial charge in [-0.05, 0) is 72.7 Å². The van der Waals surface area contributed by atoms with E-state index < -0.39 is 11.8 Å². The molecule has 4 rings (SSSR count). The van der Waals surface area contributed by atoms with Crippen LogP contribution in [0.4, 0.5) is 11.4 Å². The molecule has 0 aromatic heterocycles. The van der Waals surface area contributed by atoms with E-state index in [1.165, 1.54) is 26.0 Å². The summed E-state index contributed by atoms with van der Waals surface area (Å²) in [7, 11) is 3.06. The summed E-state index contributed by atoms with van der Waals surface area (Å²) in [5.74, 6) is -0.0259. The number of hydrogen-bond acceptors (Lipinski definition) is 6. The first-order valence-corrected chi connectivity index (χ1v) is 14.5. The predicted octanol–water partition coefficient (Wildman–Crippen LogP) is 6.62. The fraction of sp³-hybridized carbons (Fsp3) is 0.147. The van der Waals surface area contributed by atoms with E-state index >= 15 is 0 Å². The van der Waals surface area contributed by atoms with Crippen LogP contribution in [0.3, 0.4) is 0 Å². The number of thioether (sulfide) groups is 1. The molecule has 0 aliphatic carbocycles. The van der Waals surface area contributed by atoms with E-state index in [4.69, 9.17) is 9.47 Å². The van der Waals surface area contributed by atoms with Crippen molar-refractivity contribution in [2.24, 2.45) is 0 Å². The molecular weight excluding hydrogens is 562 g/mol. The topological polar surface area (TPSA) is 106 Å². The minimum atomic E-state index is -0.518. The zero-order valence-electron chi connectivity index (χ0n) is 24.1. The molecule has 1 unspecified atom stereocenters. The van der Waals surface area contributed by atoms with Gasteiger partial charge in [0.1, 0.15) is 5.70 Å². The molecule has 4 aromatic carbocycles. The van der Waals surface area contributed by atoms with E-state index in [0.717, 1.165) is 10.6 Å². The number of methoxy groups -OCH3 is 2. The van der Waals surface area contributed by atoms with E-state index in [1.54, 1.807) is 66.7 Å². The number of carbonyl (C=O) groups is 3. The Bertz CT molecular complexity index is 1590. The third-order valence-corrected chi connectivity index (χ3v) is 7.68. The minimum Gasteiger partial charge on any atom is -0.493 e. The summed E-state index contributed by atoms with van der Waals surface area (Å²) in [6.45, 7) is 1.95. The molecule has 0 spiro atoms. The van der Waals surface area contributed by atoms with E-state index in [-0.39, 0.29) is 16.9 Å². The predicted molar refractivity (Wildman–Crippen MR) is 172 cm³/mol. The summed E-state index contributed by atoms with van der Waals surface area (Å²) in [4.78, 5) is 40.3. The number of benzene rings is 4. The third-order valence-electron chi connectivity index (χ3n) is 6.32. The zero-order chi connectivity index (χ0) is 30.6. The third kappa shape index (κ3) is 8.73. The summed E-state index contributed by atoms with van der Waals surface area (Å²) in [5.41, 5.74) is 2.31. The molecule has 0 aliphatic heterocycles. The molecule has 220 valence electrons. The van der Waals surface area contributed by atoms with Crippen molar-refractivity contribution in [3.63, 3.8) is 0 Å². The van der Waals surface area contributed by atoms with Crippen LogP contribution in [0.25, 0.3) is 6.08 Å². The van der Waals surface area contributed by atoms with Crippen LogP contribution in [-0.4, -0.2) is 37.2 Å². The fourth-order valence-corrected chi connectivity index (χ4v) is 5.14. The zero-order valence-corrected chi connectivity index (χ0v) is 24.9. The second-order valence-electron chi connectivity index (χ2n) is 9.34. The van der Waals surface area contributed by atoms with Crippen LogP contribution in [0.2, 0.25) is 0 Å². The lowest BCUT2D eigenvalue weighted by atomic mass is 10.1. The van der Waals surface area contributed by atoms with Gasteiger partial charge in [0.25, 0.3) is 11.8 Å². The van der Waals surface area contributed by atoms with Crippen molar-refractivity contribution in [1.82, 2.24) is 5.32 Å². The molecular formula is C34H33N3O5S. The molecule has 3 amide bonds. The van der Waals surface area contributed by atoms with Gasteiger partial charge in [0, 0.05) is 21.8 Å². The van der Waals surface area contributed by atoms with Crippen molar-refractivity contribution in [2.45, 2.75) is 23.5 Å². The van der Waals surface area contributed by atoms with Gasteiger partial charge in [-0.3, -0.25) is 14.4 Å². The lowest BCUT2D eigenvalue weighted by Crippen LogP contribution is -2.30. The maximum Gasteiger partial charge on any atom is 0.272 e. The Labute approximate surface area is 255 Å². The monoisotopic (exact) mass is 595 g/mol. The fourth-order valence-electron chi connectivity index (χ4n) is 4.13. The summed E-state index contributed by atoms with van der Waals surface area (Å²) in [5, 5.41) is 8.24. The summed E-state index contributed by atoms with van der Waals surface area (Å²) in [6.07, 6.45) is 2.18. The van der Waals surface area contributed by atoms with E-state index in [1.807, 2.05) is 49.4 Å². The highest BCUT2D eigenvalue weighted by Crippen LogP contribution is 2.30. The van der Waals surface area contributed by atoms with Gasteiger partial charge in [-0.1, -0.05) is 55.5 Å². The maximum absolute atomic E-state index is 13.5. The molecule has 0 saturated carbocycles. The SMILES string of the molecule is CCC(Sc1cccc(NC(=O)/C(=C\c2ccc(OC)c(OC)c2)NC(=O)c2ccccc2)c1)C(=O)Nc1ccccc1. The van der Waals surface area contributed by atoms with Crippen LogP contribution < -0.4 is 25.4 Å². The second kappa shape index (κ2) is 15.3. The number of hydrogen-bond donors (Lipinski definition) is 3. The summed E-state index contributed by atoms with van der Waals surface area (Å²) < 4.78 is 10.7. The highest BCUT2D eigenvalue weighted by Gasteiger charge is 2.19. The molecule has 3 N–H and O–H groups in total. The first-order valence-electron chi connectivity index (χ1n) is 13.6. The molecule has 0 heterocycles. The van der Waals surface area contributed by atoms with E-state index in [0.29, 0.717) is 34.7 Å². The van der Waals surface area contributed by atoms with Crippen LogP contribution in [-0.2, 0) is 9.59 Å². The van der Waals surface area contributed by atoms with Gasteiger partial charge >= 0.3 is 0 Å². The molecule has 43 heavy (non-hydrogen) atoms. The Balaban J connectivity index is 1.54. The van der Waals surface area contributed by atoms with Crippen LogP contribution in [0.5, 0.6) is 11.5 Å². The van der Waals surface area contributed by atoms with Gasteiger partial charge in [0.05, 0.1) is 19.5 Å². The van der Waals surface area contributed by atoms with Crippen molar-refractivity contribution in [3.8, 4) is 11.5 Å². The average molecular weight is 596 g/mol. The highest BCUT2D eigenvalue weighted by atomic mass is 32.2. The quantitative estimate of drug-likeness (QED) is 0.126. The number of anilines is 2. The smallest absolute Gasteiger partial charge is 0.272 e. The molecule has 0 fully saturated rings. The minimum absolute atomic E-state index is 0.0350. The van der Waals surface area contributed by atoms with Gasteiger partial charge in [0.15, 0.2) is 11.5 Å². The van der Waals surface area contributed by atoms with E-state index in [2.05, 4.69) is 16.0 Å². The van der Waals surface area contributed by atoms with Crippen molar-refractivity contribution in [3.05, 3.63) is 120 Å². The van der Waals surface area contributed by atoms with Gasteiger partial charge in [-0.25, -0.2) is 0 Å². The Morgan fingerprint density at radius 1 is 0.767 bits per heavy atom. The first kappa shape index (κ1) is 30.9. The molecule has 0 radical (unpaired) electrons. The van der Waals surface area contributed by atoms with Gasteiger partial charge in [0.2, 0.25) is 5.91 Å². The van der Waals surface area contributed by atoms with Gasteiger partial charge in [-0.2, -0.15) is 0 Å². The van der Waals surface area contributed by atoms with E-state index in [9.17, 15) is 14.4 Å². The summed E-state index contributed by atoms with van der Waals surface area (Å²) >= 11 is 1.41. The number of rotatable bonds is 12. The number of ether oxygens (including phenoxy) is 2. The number of amides is 3. The van der Waals surface area contributed by atoms with Gasteiger partial charge in [-0.15, -0.1) is 11.8 Å². The molecule has 0 aliphatic rings. The standard InChI is InChI=1S/C34H33N3O5S/c1-4-31(34(40)35-25-14-9-6-10-15-25)43-27-17-11-16-26(22-27)36-33(39)28(37-32(38)24-12-7-5-8-13-24)20-23-18-19-29(41-2)30(21-23)42-3/h5-22,31H,4H2,1-3H3,(H,35,40)(H,36,39)(H,37,38)/b28-20+. The molecule has 1 atom stereocenters. The average Bonchev–Trinajstić information content (AvgIpc) is 3.04. The summed E-state index contributed by atoms with van der Waals surface area (Å²) in [6, 6.07) is 30.4. The lowest BCUT2D eigenvalue weighted by Gasteiger charge is -2.16. The van der Waals surface area contributed by atoms with Gasteiger partial charge < -0.3 is 25.4 Å². The largest absolute Gasteiger partial charge is 0.493 e. The Morgan fingerprint density at radius 2 is 1.44 bits per heavy atom. The van der Waals surface area contributed by atoms with Crippen LogP contribution in [0, 0.1) is 0 Å². The lowest BCUT2D eigenvalue weighted by molar-refractivity contribution is -0.116. The number of carbonyl (C=O) groups excluding carboxylic acids is 3. The van der Waals surface area contributed by atoms with Crippen molar-refractivity contribution >= 4 is 46.9 Å². The Hall–Kier alpha value is -5.02. The molecule has 9 heteroatoms. The molecule has 8 nitrogen and oxygen atoms in total.